The molecule has 0 radical (unpaired) electrons. The Balaban J connectivity index is 2.28. The molecule has 19 heavy (non-hydrogen) atoms. The molecule has 1 N–H and O–H groups in total. The number of nitrogens with one attached hydrogen (secondary N) is 1. The molecule has 1 aliphatic rings. The van der Waals surface area contributed by atoms with Gasteiger partial charge in [-0.25, -0.2) is 0 Å². The molecule has 0 bridgehead atoms. The van der Waals surface area contributed by atoms with Gasteiger partial charge in [-0.15, -0.1) is 0 Å². The van der Waals surface area contributed by atoms with Crippen molar-refractivity contribution < 1.29 is 4.79 Å². The van der Waals surface area contributed by atoms with Crippen molar-refractivity contribution in [1.29, 1.82) is 0 Å². The quantitative estimate of drug-likeness (QED) is 0.895. The van der Waals surface area contributed by atoms with E-state index < -0.39 is 5.41 Å². The second kappa shape index (κ2) is 5.13. The topological polar surface area (TPSA) is 45.2 Å². The molecule has 2 rings (SSSR count). The summed E-state index contributed by atoms with van der Waals surface area (Å²) in [5.74, 6) is 0.156. The fourth-order valence-corrected chi connectivity index (χ4v) is 2.22. The first-order chi connectivity index (χ1) is 8.92. The van der Waals surface area contributed by atoms with Gasteiger partial charge in [0.2, 0.25) is 0 Å². The van der Waals surface area contributed by atoms with Gasteiger partial charge < -0.3 is 10.2 Å². The Bertz CT molecular complexity index is 518. The Labute approximate surface area is 114 Å². The third-order valence-corrected chi connectivity index (χ3v) is 3.32. The number of nitrogens with zero attached hydrogens (tertiary/aromatic N) is 2. The van der Waals surface area contributed by atoms with Crippen LogP contribution in [0.3, 0.4) is 0 Å². The zero-order valence-electron chi connectivity index (χ0n) is 12.0. The molecule has 0 amide bonds. The number of ketones is 1. The van der Waals surface area contributed by atoms with Crippen LogP contribution in [0.25, 0.3) is 5.70 Å². The maximum atomic E-state index is 12.4. The highest BCUT2D eigenvalue weighted by molar-refractivity contribution is 6.08. The average molecular weight is 259 g/mol. The predicted molar refractivity (Wildman–Crippen MR) is 76.9 cm³/mol. The summed E-state index contributed by atoms with van der Waals surface area (Å²) in [6.45, 7) is 5.69. The van der Waals surface area contributed by atoms with Crippen molar-refractivity contribution in [2.75, 3.05) is 27.2 Å². The molecule has 4 heteroatoms. The van der Waals surface area contributed by atoms with Crippen LogP contribution >= 0.6 is 0 Å². The van der Waals surface area contributed by atoms with Crippen LogP contribution in [0.5, 0.6) is 0 Å². The Morgan fingerprint density at radius 2 is 2.05 bits per heavy atom. The first-order valence-electron chi connectivity index (χ1n) is 6.52. The second-order valence-corrected chi connectivity index (χ2v) is 5.76. The minimum atomic E-state index is -0.463. The summed E-state index contributed by atoms with van der Waals surface area (Å²) < 4.78 is 0. The van der Waals surface area contributed by atoms with E-state index >= 15 is 0 Å². The molecule has 0 saturated carbocycles. The zero-order chi connectivity index (χ0) is 14.0. The van der Waals surface area contributed by atoms with Crippen LogP contribution in [-0.4, -0.2) is 42.9 Å². The maximum Gasteiger partial charge on any atom is 0.173 e. The minimum absolute atomic E-state index is 0.156. The maximum absolute atomic E-state index is 12.4. The largest absolute Gasteiger partial charge is 0.383 e. The number of aromatic nitrogens is 1. The predicted octanol–water partition coefficient (Wildman–Crippen LogP) is 1.80. The number of hydrogen-bond donors (Lipinski definition) is 1. The number of fused-ring (bicyclic) bond motifs is 1. The fourth-order valence-electron chi connectivity index (χ4n) is 2.22. The van der Waals surface area contributed by atoms with Crippen LogP contribution in [-0.2, 0) is 0 Å². The van der Waals surface area contributed by atoms with E-state index in [9.17, 15) is 4.79 Å². The molecule has 0 spiro atoms. The molecule has 1 aliphatic carbocycles. The standard InChI is InChI=1S/C15H21N3O/c1-15(2)9-13(17-7-8-18(3)4)12-10-16-6-5-11(12)14(15)19/h5-6,9-10,17H,7-8H2,1-4H3. The number of carbonyl (C=O) groups is 1. The second-order valence-electron chi connectivity index (χ2n) is 5.76. The number of Topliss-reactive ketones (excluding diaryl/α,β-unsaturated/α-hetero) is 1. The van der Waals surface area contributed by atoms with Gasteiger partial charge in [0.1, 0.15) is 0 Å². The molecule has 0 unspecified atom stereocenters. The highest BCUT2D eigenvalue weighted by atomic mass is 16.1. The molecule has 0 aliphatic heterocycles. The van der Waals surface area contributed by atoms with Crippen molar-refractivity contribution in [2.45, 2.75) is 13.8 Å². The van der Waals surface area contributed by atoms with E-state index in [0.717, 1.165) is 29.9 Å². The summed E-state index contributed by atoms with van der Waals surface area (Å²) in [5, 5.41) is 3.41. The molecule has 1 aromatic rings. The smallest absolute Gasteiger partial charge is 0.173 e. The van der Waals surface area contributed by atoms with E-state index in [4.69, 9.17) is 0 Å². The van der Waals surface area contributed by atoms with Gasteiger partial charge in [0.05, 0.1) is 0 Å². The number of likely N-dealkylation sites (N-methyl/N-ethyl adjacent to an activating group) is 1. The Morgan fingerprint density at radius 3 is 2.74 bits per heavy atom. The van der Waals surface area contributed by atoms with Crippen molar-refractivity contribution >= 4 is 11.5 Å². The number of pyridine rings is 1. The van der Waals surface area contributed by atoms with Gasteiger partial charge in [-0.1, -0.05) is 0 Å². The van der Waals surface area contributed by atoms with Crippen molar-refractivity contribution in [3.63, 3.8) is 0 Å². The van der Waals surface area contributed by atoms with E-state index in [2.05, 4.69) is 15.2 Å². The van der Waals surface area contributed by atoms with Gasteiger partial charge in [0, 0.05) is 47.7 Å². The molecule has 1 heterocycles. The normalized spacial score (nSPS) is 17.1. The Kier molecular flexibility index (Phi) is 3.71. The first kappa shape index (κ1) is 13.7. The van der Waals surface area contributed by atoms with Crippen molar-refractivity contribution in [2.24, 2.45) is 5.41 Å². The number of hydrogen-bond acceptors (Lipinski definition) is 4. The molecule has 0 fully saturated rings. The fraction of sp³-hybridized carbons (Fsp3) is 0.467. The molecule has 0 saturated heterocycles. The summed E-state index contributed by atoms with van der Waals surface area (Å²) in [7, 11) is 4.08. The third kappa shape index (κ3) is 2.84. The van der Waals surface area contributed by atoms with E-state index in [1.165, 1.54) is 0 Å². The van der Waals surface area contributed by atoms with Gasteiger partial charge >= 0.3 is 0 Å². The highest BCUT2D eigenvalue weighted by Gasteiger charge is 2.33. The minimum Gasteiger partial charge on any atom is -0.383 e. The molecule has 0 atom stereocenters. The monoisotopic (exact) mass is 259 g/mol. The first-order valence-corrected chi connectivity index (χ1v) is 6.52. The van der Waals surface area contributed by atoms with Gasteiger partial charge in [0.15, 0.2) is 5.78 Å². The number of carbonyl (C=O) groups excluding carboxylic acids is 1. The summed E-state index contributed by atoms with van der Waals surface area (Å²) in [6.07, 6.45) is 5.45. The molecular weight excluding hydrogens is 238 g/mol. The Hall–Kier alpha value is -1.68. The SMILES string of the molecule is CN(C)CCNC1=CC(C)(C)C(=O)c2ccncc21. The molecule has 0 aromatic carbocycles. The van der Waals surface area contributed by atoms with E-state index in [0.29, 0.717) is 0 Å². The third-order valence-electron chi connectivity index (χ3n) is 3.32. The lowest BCUT2D eigenvalue weighted by atomic mass is 9.77. The van der Waals surface area contributed by atoms with Crippen LogP contribution in [0.4, 0.5) is 0 Å². The summed E-state index contributed by atoms with van der Waals surface area (Å²) in [6, 6.07) is 1.81. The van der Waals surface area contributed by atoms with Crippen LogP contribution in [0, 0.1) is 5.41 Å². The summed E-state index contributed by atoms with van der Waals surface area (Å²) in [5.41, 5.74) is 2.21. The summed E-state index contributed by atoms with van der Waals surface area (Å²) >= 11 is 0. The van der Waals surface area contributed by atoms with Crippen LogP contribution in [0.2, 0.25) is 0 Å². The lowest BCUT2D eigenvalue weighted by Gasteiger charge is -2.28. The van der Waals surface area contributed by atoms with Crippen molar-refractivity contribution in [3.8, 4) is 0 Å². The zero-order valence-corrected chi connectivity index (χ0v) is 12.0. The lowest BCUT2D eigenvalue weighted by Crippen LogP contribution is -2.32. The molecule has 4 nitrogen and oxygen atoms in total. The molecule has 102 valence electrons. The molecule has 1 aromatic heterocycles. The van der Waals surface area contributed by atoms with Gasteiger partial charge in [0.25, 0.3) is 0 Å². The van der Waals surface area contributed by atoms with Crippen LogP contribution in [0.15, 0.2) is 24.5 Å². The number of rotatable bonds is 4. The van der Waals surface area contributed by atoms with Gasteiger partial charge in [-0.3, -0.25) is 9.78 Å². The van der Waals surface area contributed by atoms with E-state index in [-0.39, 0.29) is 5.78 Å². The lowest BCUT2D eigenvalue weighted by molar-refractivity contribution is 0.0882. The van der Waals surface area contributed by atoms with Crippen LogP contribution < -0.4 is 5.32 Å². The Morgan fingerprint density at radius 1 is 1.32 bits per heavy atom. The number of allylic oxidation sites excluding steroid dienone is 1. The van der Waals surface area contributed by atoms with Crippen LogP contribution in [0.1, 0.15) is 29.8 Å². The highest BCUT2D eigenvalue weighted by Crippen LogP contribution is 2.34. The van der Waals surface area contributed by atoms with E-state index in [1.54, 1.807) is 18.5 Å². The summed E-state index contributed by atoms with van der Waals surface area (Å²) in [4.78, 5) is 18.6. The van der Waals surface area contributed by atoms with Crippen molar-refractivity contribution in [3.05, 3.63) is 35.7 Å². The van der Waals surface area contributed by atoms with Gasteiger partial charge in [-0.2, -0.15) is 0 Å². The van der Waals surface area contributed by atoms with Crippen molar-refractivity contribution in [1.82, 2.24) is 15.2 Å². The van der Waals surface area contributed by atoms with Gasteiger partial charge in [-0.05, 0) is 40.1 Å². The average Bonchev–Trinajstić information content (AvgIpc) is 2.35. The van der Waals surface area contributed by atoms with E-state index in [1.807, 2.05) is 34.0 Å². The molecular formula is C15H21N3O.